The van der Waals surface area contributed by atoms with Gasteiger partial charge in [0.2, 0.25) is 0 Å². The van der Waals surface area contributed by atoms with E-state index in [1.54, 1.807) is 13.3 Å². The standard InChI is InChI=1S/C16H21N3O/c1-11-4-5-16(20-3)13(8-11)9-15(19-17)14-6-7-18-10-12(14)2/h4-8,10,15,19H,9,17H2,1-3H3. The van der Waals surface area contributed by atoms with Gasteiger partial charge in [-0.3, -0.25) is 16.3 Å². The van der Waals surface area contributed by atoms with Crippen LogP contribution >= 0.6 is 0 Å². The summed E-state index contributed by atoms with van der Waals surface area (Å²) >= 11 is 0. The summed E-state index contributed by atoms with van der Waals surface area (Å²) in [4.78, 5) is 4.12. The van der Waals surface area contributed by atoms with Gasteiger partial charge in [0.1, 0.15) is 5.75 Å². The Bertz CT molecular complexity index is 584. The van der Waals surface area contributed by atoms with Gasteiger partial charge >= 0.3 is 0 Å². The van der Waals surface area contributed by atoms with Crippen LogP contribution in [0, 0.1) is 13.8 Å². The highest BCUT2D eigenvalue weighted by atomic mass is 16.5. The Morgan fingerprint density at radius 2 is 2.10 bits per heavy atom. The number of aromatic nitrogens is 1. The van der Waals surface area contributed by atoms with Crippen LogP contribution in [0.5, 0.6) is 5.75 Å². The van der Waals surface area contributed by atoms with Gasteiger partial charge in [-0.2, -0.15) is 0 Å². The highest BCUT2D eigenvalue weighted by Crippen LogP contribution is 2.26. The summed E-state index contributed by atoms with van der Waals surface area (Å²) in [5.74, 6) is 6.63. The summed E-state index contributed by atoms with van der Waals surface area (Å²) in [5.41, 5.74) is 7.54. The molecule has 1 aromatic carbocycles. The van der Waals surface area contributed by atoms with Crippen LogP contribution in [-0.4, -0.2) is 12.1 Å². The number of aryl methyl sites for hydroxylation is 2. The Balaban J connectivity index is 2.31. The summed E-state index contributed by atoms with van der Waals surface area (Å²) < 4.78 is 5.43. The van der Waals surface area contributed by atoms with E-state index in [1.807, 2.05) is 31.3 Å². The predicted octanol–water partition coefficient (Wildman–Crippen LogP) is 2.45. The summed E-state index contributed by atoms with van der Waals surface area (Å²) in [6, 6.07) is 8.22. The van der Waals surface area contributed by atoms with Crippen LogP contribution in [0.2, 0.25) is 0 Å². The topological polar surface area (TPSA) is 60.2 Å². The molecule has 1 unspecified atom stereocenters. The van der Waals surface area contributed by atoms with E-state index in [0.29, 0.717) is 0 Å². The van der Waals surface area contributed by atoms with E-state index < -0.39 is 0 Å². The molecule has 0 aliphatic rings. The van der Waals surface area contributed by atoms with Gasteiger partial charge < -0.3 is 4.74 Å². The zero-order valence-electron chi connectivity index (χ0n) is 12.2. The van der Waals surface area contributed by atoms with E-state index in [2.05, 4.69) is 23.4 Å². The number of methoxy groups -OCH3 is 1. The average Bonchev–Trinajstić information content (AvgIpc) is 2.46. The lowest BCUT2D eigenvalue weighted by Gasteiger charge is -2.20. The van der Waals surface area contributed by atoms with Crippen molar-refractivity contribution in [3.63, 3.8) is 0 Å². The Morgan fingerprint density at radius 1 is 1.30 bits per heavy atom. The first-order valence-corrected chi connectivity index (χ1v) is 6.66. The predicted molar refractivity (Wildman–Crippen MR) is 80.5 cm³/mol. The number of benzene rings is 1. The SMILES string of the molecule is COc1ccc(C)cc1CC(NN)c1ccncc1C. The van der Waals surface area contributed by atoms with Crippen LogP contribution in [0.4, 0.5) is 0 Å². The van der Waals surface area contributed by atoms with Gasteiger partial charge in [-0.25, -0.2) is 0 Å². The minimum atomic E-state index is 0.0358. The third-order valence-corrected chi connectivity index (χ3v) is 3.50. The van der Waals surface area contributed by atoms with Gasteiger partial charge in [0, 0.05) is 12.4 Å². The lowest BCUT2D eigenvalue weighted by Crippen LogP contribution is -2.30. The third kappa shape index (κ3) is 3.15. The number of ether oxygens (including phenoxy) is 1. The number of hydrogen-bond acceptors (Lipinski definition) is 4. The molecule has 2 aromatic rings. The molecule has 0 bridgehead atoms. The molecule has 0 saturated carbocycles. The van der Waals surface area contributed by atoms with Crippen molar-refractivity contribution in [2.45, 2.75) is 26.3 Å². The van der Waals surface area contributed by atoms with Gasteiger partial charge in [0.05, 0.1) is 13.2 Å². The Morgan fingerprint density at radius 3 is 2.75 bits per heavy atom. The molecular formula is C16H21N3O. The molecule has 1 aromatic heterocycles. The number of nitrogens with two attached hydrogens (primary N) is 1. The molecule has 0 fully saturated rings. The number of nitrogens with zero attached hydrogens (tertiary/aromatic N) is 1. The zero-order chi connectivity index (χ0) is 14.5. The van der Waals surface area contributed by atoms with Gasteiger partial charge in [-0.1, -0.05) is 17.7 Å². The fourth-order valence-corrected chi connectivity index (χ4v) is 2.42. The van der Waals surface area contributed by atoms with Crippen LogP contribution < -0.4 is 16.0 Å². The lowest BCUT2D eigenvalue weighted by atomic mass is 9.96. The second-order valence-electron chi connectivity index (χ2n) is 4.97. The van der Waals surface area contributed by atoms with Gasteiger partial charge in [-0.15, -0.1) is 0 Å². The van der Waals surface area contributed by atoms with E-state index in [9.17, 15) is 0 Å². The fourth-order valence-electron chi connectivity index (χ4n) is 2.42. The number of rotatable bonds is 5. The summed E-state index contributed by atoms with van der Waals surface area (Å²) in [6.45, 7) is 4.12. The first-order valence-electron chi connectivity index (χ1n) is 6.66. The van der Waals surface area contributed by atoms with Crippen molar-refractivity contribution in [2.75, 3.05) is 7.11 Å². The molecule has 4 heteroatoms. The van der Waals surface area contributed by atoms with Crippen molar-refractivity contribution >= 4 is 0 Å². The molecule has 1 heterocycles. The highest BCUT2D eigenvalue weighted by Gasteiger charge is 2.15. The molecule has 2 rings (SSSR count). The molecular weight excluding hydrogens is 250 g/mol. The van der Waals surface area contributed by atoms with Crippen LogP contribution in [0.15, 0.2) is 36.7 Å². The van der Waals surface area contributed by atoms with Gasteiger partial charge in [0.15, 0.2) is 0 Å². The first-order chi connectivity index (χ1) is 9.65. The second-order valence-corrected chi connectivity index (χ2v) is 4.97. The summed E-state index contributed by atoms with van der Waals surface area (Å²) in [6.07, 6.45) is 4.42. The number of hydrazine groups is 1. The maximum atomic E-state index is 5.74. The summed E-state index contributed by atoms with van der Waals surface area (Å²) in [5, 5.41) is 0. The van der Waals surface area contributed by atoms with Crippen molar-refractivity contribution in [1.82, 2.24) is 10.4 Å². The minimum absolute atomic E-state index is 0.0358. The van der Waals surface area contributed by atoms with Crippen LogP contribution in [0.3, 0.4) is 0 Å². The minimum Gasteiger partial charge on any atom is -0.496 e. The van der Waals surface area contributed by atoms with Crippen molar-refractivity contribution in [3.05, 3.63) is 58.9 Å². The molecule has 20 heavy (non-hydrogen) atoms. The Labute approximate surface area is 120 Å². The second kappa shape index (κ2) is 6.50. The molecule has 0 amide bonds. The van der Waals surface area contributed by atoms with Crippen molar-refractivity contribution in [3.8, 4) is 5.75 Å². The quantitative estimate of drug-likeness (QED) is 0.648. The van der Waals surface area contributed by atoms with E-state index in [0.717, 1.165) is 28.9 Å². The first kappa shape index (κ1) is 14.5. The number of nitrogens with one attached hydrogen (secondary N) is 1. The Hall–Kier alpha value is -1.91. The van der Waals surface area contributed by atoms with Crippen molar-refractivity contribution < 1.29 is 4.74 Å². The molecule has 0 saturated heterocycles. The van der Waals surface area contributed by atoms with Crippen LogP contribution in [-0.2, 0) is 6.42 Å². The smallest absolute Gasteiger partial charge is 0.122 e. The van der Waals surface area contributed by atoms with Crippen molar-refractivity contribution in [1.29, 1.82) is 0 Å². The maximum absolute atomic E-state index is 5.74. The van der Waals surface area contributed by atoms with Gasteiger partial charge in [-0.05, 0) is 49.1 Å². The Kier molecular flexibility index (Phi) is 4.71. The summed E-state index contributed by atoms with van der Waals surface area (Å²) in [7, 11) is 1.69. The van der Waals surface area contributed by atoms with Crippen LogP contribution in [0.25, 0.3) is 0 Å². The molecule has 0 aliphatic heterocycles. The zero-order valence-corrected chi connectivity index (χ0v) is 12.2. The number of hydrogen-bond donors (Lipinski definition) is 2. The maximum Gasteiger partial charge on any atom is 0.122 e. The van der Waals surface area contributed by atoms with E-state index in [4.69, 9.17) is 10.6 Å². The van der Waals surface area contributed by atoms with E-state index in [-0.39, 0.29) is 6.04 Å². The largest absolute Gasteiger partial charge is 0.496 e. The molecule has 0 aliphatic carbocycles. The molecule has 0 spiro atoms. The fraction of sp³-hybridized carbons (Fsp3) is 0.312. The van der Waals surface area contributed by atoms with Gasteiger partial charge in [0.25, 0.3) is 0 Å². The molecule has 0 radical (unpaired) electrons. The average molecular weight is 271 g/mol. The van der Waals surface area contributed by atoms with Crippen LogP contribution in [0.1, 0.15) is 28.3 Å². The third-order valence-electron chi connectivity index (χ3n) is 3.50. The molecule has 1 atom stereocenters. The monoisotopic (exact) mass is 271 g/mol. The normalized spacial score (nSPS) is 12.2. The number of pyridine rings is 1. The van der Waals surface area contributed by atoms with E-state index in [1.165, 1.54) is 5.56 Å². The highest BCUT2D eigenvalue weighted by molar-refractivity contribution is 5.39. The lowest BCUT2D eigenvalue weighted by molar-refractivity contribution is 0.405. The molecule has 3 N–H and O–H groups in total. The molecule has 4 nitrogen and oxygen atoms in total. The van der Waals surface area contributed by atoms with Crippen molar-refractivity contribution in [2.24, 2.45) is 5.84 Å². The van der Waals surface area contributed by atoms with E-state index >= 15 is 0 Å². The molecule has 106 valence electrons.